The van der Waals surface area contributed by atoms with Crippen LogP contribution in [0.2, 0.25) is 0 Å². The van der Waals surface area contributed by atoms with Crippen LogP contribution in [0.5, 0.6) is 0 Å². The highest BCUT2D eigenvalue weighted by Crippen LogP contribution is 2.41. The topological polar surface area (TPSA) is 0 Å². The molecule has 0 amide bonds. The first-order valence-electron chi connectivity index (χ1n) is 15.7. The third-order valence-electron chi connectivity index (χ3n) is 8.72. The van der Waals surface area contributed by atoms with E-state index < -0.39 is 0 Å². The Labute approximate surface area is 248 Å². The zero-order valence-electron chi connectivity index (χ0n) is 27.6. The molecule has 0 N–H and O–H groups in total. The van der Waals surface area contributed by atoms with Gasteiger partial charge in [-0.2, -0.15) is 0 Å². The average molecular weight is 539 g/mol. The van der Waals surface area contributed by atoms with Crippen molar-refractivity contribution in [3.8, 4) is 11.8 Å². The molecule has 1 atom stereocenters. The molecule has 0 aromatic rings. The van der Waals surface area contributed by atoms with Gasteiger partial charge < -0.3 is 0 Å². The molecular formula is C40H58. The van der Waals surface area contributed by atoms with Gasteiger partial charge in [0.2, 0.25) is 0 Å². The summed E-state index contributed by atoms with van der Waals surface area (Å²) < 4.78 is 0. The molecule has 0 fully saturated rings. The second-order valence-electron chi connectivity index (χ2n) is 13.7. The van der Waals surface area contributed by atoms with Gasteiger partial charge in [-0.15, -0.1) is 0 Å². The van der Waals surface area contributed by atoms with Crippen molar-refractivity contribution in [2.45, 2.75) is 127 Å². The summed E-state index contributed by atoms with van der Waals surface area (Å²) in [6.45, 7) is 23.0. The van der Waals surface area contributed by atoms with E-state index in [0.29, 0.717) is 5.41 Å². The molecule has 0 spiro atoms. The fourth-order valence-corrected chi connectivity index (χ4v) is 6.04. The maximum atomic E-state index is 3.42. The summed E-state index contributed by atoms with van der Waals surface area (Å²) in [5.74, 6) is 7.09. The molecule has 40 heavy (non-hydrogen) atoms. The molecule has 1 unspecified atom stereocenters. The second kappa shape index (κ2) is 16.1. The van der Waals surface area contributed by atoms with Crippen LogP contribution in [-0.2, 0) is 0 Å². The van der Waals surface area contributed by atoms with Crippen molar-refractivity contribution < 1.29 is 0 Å². The largest absolute Gasteiger partial charge is 0.0983 e. The highest BCUT2D eigenvalue weighted by atomic mass is 14.3. The maximum Gasteiger partial charge on any atom is 0.0357 e. The van der Waals surface area contributed by atoms with E-state index in [4.69, 9.17) is 0 Å². The highest BCUT2D eigenvalue weighted by molar-refractivity contribution is 5.34. The highest BCUT2D eigenvalue weighted by Gasteiger charge is 2.26. The first-order valence-corrected chi connectivity index (χ1v) is 15.7. The van der Waals surface area contributed by atoms with E-state index in [-0.39, 0.29) is 11.3 Å². The van der Waals surface area contributed by atoms with Gasteiger partial charge in [-0.05, 0) is 104 Å². The molecule has 0 aromatic heterocycles. The molecule has 0 saturated carbocycles. The molecular weight excluding hydrogens is 480 g/mol. The summed E-state index contributed by atoms with van der Waals surface area (Å²) >= 11 is 0. The van der Waals surface area contributed by atoms with Crippen molar-refractivity contribution in [1.82, 2.24) is 0 Å². The zero-order chi connectivity index (χ0) is 29.8. The number of hydrogen-bond donors (Lipinski definition) is 0. The quantitative estimate of drug-likeness (QED) is 0.139. The van der Waals surface area contributed by atoms with Crippen LogP contribution in [0.1, 0.15) is 127 Å². The lowest BCUT2D eigenvalue weighted by atomic mass is 9.72. The van der Waals surface area contributed by atoms with Crippen molar-refractivity contribution in [3.63, 3.8) is 0 Å². The standard InChI is InChI=1S/C40H58/c1-31(19-13-21-33(3)25-27-37-35(5)23-15-29-39(37,7)8)17-11-12-18-32(2)20-14-22-34(4)26-28-38-36(6)24-16-30-40(38,9)10/h11-12,15,17-18,21,26,28-29,34H,13,16,19-20,23-25,27,30H2,1-10H3/b12-11+,28-26+,31-17+,32-18-,33-21+. The van der Waals surface area contributed by atoms with E-state index >= 15 is 0 Å². The molecule has 2 aliphatic carbocycles. The van der Waals surface area contributed by atoms with E-state index in [9.17, 15) is 0 Å². The van der Waals surface area contributed by atoms with Crippen LogP contribution >= 0.6 is 0 Å². The summed E-state index contributed by atoms with van der Waals surface area (Å²) in [7, 11) is 0. The van der Waals surface area contributed by atoms with Gasteiger partial charge in [0, 0.05) is 17.8 Å². The fraction of sp³-hybridized carbons (Fsp3) is 0.550. The van der Waals surface area contributed by atoms with Crippen LogP contribution < -0.4 is 0 Å². The molecule has 218 valence electrons. The number of rotatable bonds is 11. The van der Waals surface area contributed by atoms with E-state index in [1.165, 1.54) is 54.4 Å². The summed E-state index contributed by atoms with van der Waals surface area (Å²) in [5, 5.41) is 0. The van der Waals surface area contributed by atoms with Crippen molar-refractivity contribution in [2.24, 2.45) is 16.7 Å². The average Bonchev–Trinajstić information content (AvgIpc) is 2.85. The lowest BCUT2D eigenvalue weighted by molar-refractivity contribution is 0.376. The predicted octanol–water partition coefficient (Wildman–Crippen LogP) is 12.4. The molecule has 0 radical (unpaired) electrons. The molecule has 2 aliphatic rings. The molecule has 0 nitrogen and oxygen atoms in total. The Morgan fingerprint density at radius 3 is 2.33 bits per heavy atom. The van der Waals surface area contributed by atoms with E-state index in [2.05, 4.69) is 136 Å². The summed E-state index contributed by atoms with van der Waals surface area (Å²) in [6, 6.07) is 0. The van der Waals surface area contributed by atoms with Gasteiger partial charge in [0.1, 0.15) is 0 Å². The Balaban J connectivity index is 1.75. The molecule has 0 bridgehead atoms. The Bertz CT molecular complexity index is 1160. The van der Waals surface area contributed by atoms with Crippen LogP contribution in [0.3, 0.4) is 0 Å². The second-order valence-corrected chi connectivity index (χ2v) is 13.7. The van der Waals surface area contributed by atoms with Gasteiger partial charge >= 0.3 is 0 Å². The van der Waals surface area contributed by atoms with Gasteiger partial charge in [-0.25, -0.2) is 0 Å². The van der Waals surface area contributed by atoms with Crippen molar-refractivity contribution >= 4 is 0 Å². The minimum absolute atomic E-state index is 0.215. The molecule has 2 rings (SSSR count). The SMILES string of the molecule is CC1=C(CC/C(C)=C/CC/C(C)=C/C=C/C=C(/C)CC#CC(C)/C=C/C2=C(C)CCCC2(C)C)C(C)(C)C=CC1. The normalized spacial score (nSPS) is 20.9. The Morgan fingerprint density at radius 2 is 1.65 bits per heavy atom. The van der Waals surface area contributed by atoms with E-state index in [1.54, 1.807) is 16.7 Å². The molecule has 0 heteroatoms. The lowest BCUT2D eigenvalue weighted by Gasteiger charge is -2.33. The van der Waals surface area contributed by atoms with Crippen LogP contribution in [0.25, 0.3) is 0 Å². The van der Waals surface area contributed by atoms with Gasteiger partial charge in [0.05, 0.1) is 0 Å². The van der Waals surface area contributed by atoms with Gasteiger partial charge in [0.25, 0.3) is 0 Å². The molecule has 0 heterocycles. The third-order valence-corrected chi connectivity index (χ3v) is 8.72. The van der Waals surface area contributed by atoms with Crippen LogP contribution in [0.15, 0.2) is 93.7 Å². The van der Waals surface area contributed by atoms with Gasteiger partial charge in [-0.3, -0.25) is 0 Å². The van der Waals surface area contributed by atoms with Crippen molar-refractivity contribution in [3.05, 3.63) is 93.7 Å². The third kappa shape index (κ3) is 11.5. The Hall–Kier alpha value is -2.52. The molecule has 0 aliphatic heterocycles. The minimum Gasteiger partial charge on any atom is -0.0983 e. The first kappa shape index (κ1) is 33.7. The van der Waals surface area contributed by atoms with E-state index in [1.807, 2.05) is 0 Å². The zero-order valence-corrected chi connectivity index (χ0v) is 27.6. The summed E-state index contributed by atoms with van der Waals surface area (Å²) in [6.07, 6.45) is 30.9. The minimum atomic E-state index is 0.215. The summed E-state index contributed by atoms with van der Waals surface area (Å²) in [4.78, 5) is 0. The van der Waals surface area contributed by atoms with Gasteiger partial charge in [-0.1, -0.05) is 128 Å². The van der Waals surface area contributed by atoms with E-state index in [0.717, 1.165) is 25.7 Å². The van der Waals surface area contributed by atoms with Crippen molar-refractivity contribution in [2.75, 3.05) is 0 Å². The Morgan fingerprint density at radius 1 is 0.950 bits per heavy atom. The van der Waals surface area contributed by atoms with Crippen LogP contribution in [0, 0.1) is 28.6 Å². The molecule has 0 saturated heterocycles. The smallest absolute Gasteiger partial charge is 0.0357 e. The van der Waals surface area contributed by atoms with Crippen molar-refractivity contribution in [1.29, 1.82) is 0 Å². The molecule has 0 aromatic carbocycles. The van der Waals surface area contributed by atoms with Crippen LogP contribution in [-0.4, -0.2) is 0 Å². The Kier molecular flexibility index (Phi) is 13.5. The first-order chi connectivity index (χ1) is 18.8. The van der Waals surface area contributed by atoms with Crippen LogP contribution in [0.4, 0.5) is 0 Å². The lowest BCUT2D eigenvalue weighted by Crippen LogP contribution is -2.19. The maximum absolute atomic E-state index is 3.42. The fourth-order valence-electron chi connectivity index (χ4n) is 6.04. The summed E-state index contributed by atoms with van der Waals surface area (Å²) in [5.41, 5.74) is 11.0. The monoisotopic (exact) mass is 538 g/mol. The van der Waals surface area contributed by atoms with Gasteiger partial charge in [0.15, 0.2) is 0 Å². The number of hydrogen-bond acceptors (Lipinski definition) is 0. The predicted molar refractivity (Wildman–Crippen MR) is 180 cm³/mol. The number of allylic oxidation sites excluding steroid dienone is 16.